The van der Waals surface area contributed by atoms with Gasteiger partial charge in [0.1, 0.15) is 11.6 Å². The van der Waals surface area contributed by atoms with Gasteiger partial charge in [-0.15, -0.1) is 0 Å². The molecule has 1 aliphatic rings. The first-order chi connectivity index (χ1) is 15.6. The fourth-order valence-electron chi connectivity index (χ4n) is 4.19. The van der Waals surface area contributed by atoms with Crippen LogP contribution in [0.1, 0.15) is 54.8 Å². The summed E-state index contributed by atoms with van der Waals surface area (Å²) >= 11 is 0. The fourth-order valence-corrected chi connectivity index (χ4v) is 4.19. The molecule has 0 saturated carbocycles. The van der Waals surface area contributed by atoms with Crippen molar-refractivity contribution in [1.82, 2.24) is 19.8 Å². The molecular weight excluding hydrogens is 404 g/mol. The van der Waals surface area contributed by atoms with E-state index < -0.39 is 0 Å². The van der Waals surface area contributed by atoms with Crippen molar-refractivity contribution >= 4 is 22.8 Å². The Kier molecular flexibility index (Phi) is 6.73. The van der Waals surface area contributed by atoms with Gasteiger partial charge in [0.2, 0.25) is 5.91 Å². The number of imidazole rings is 1. The third kappa shape index (κ3) is 4.61. The minimum Gasteiger partial charge on any atom is -0.494 e. The summed E-state index contributed by atoms with van der Waals surface area (Å²) in [6.07, 6.45) is 3.86. The molecule has 7 nitrogen and oxygen atoms in total. The number of hydrogen-bond acceptors (Lipinski definition) is 4. The number of amides is 2. The summed E-state index contributed by atoms with van der Waals surface area (Å²) in [6, 6.07) is 14.9. The molecule has 32 heavy (non-hydrogen) atoms. The highest BCUT2D eigenvalue weighted by molar-refractivity contribution is 5.96. The first-order valence-electron chi connectivity index (χ1n) is 11.3. The topological polar surface area (TPSA) is 76.5 Å². The van der Waals surface area contributed by atoms with Crippen molar-refractivity contribution in [3.63, 3.8) is 0 Å². The molecule has 0 bridgehead atoms. The van der Waals surface area contributed by atoms with Crippen LogP contribution >= 0.6 is 0 Å². The van der Waals surface area contributed by atoms with Crippen molar-refractivity contribution in [2.75, 3.05) is 19.7 Å². The summed E-state index contributed by atoms with van der Waals surface area (Å²) < 4.78 is 7.70. The number of fused-ring (bicyclic) bond motifs is 1. The largest absolute Gasteiger partial charge is 0.494 e. The van der Waals surface area contributed by atoms with Crippen LogP contribution in [0.2, 0.25) is 0 Å². The van der Waals surface area contributed by atoms with Gasteiger partial charge in [0.15, 0.2) is 0 Å². The monoisotopic (exact) mass is 434 g/mol. The Labute approximate surface area is 188 Å². The zero-order valence-electron chi connectivity index (χ0n) is 18.7. The van der Waals surface area contributed by atoms with Crippen LogP contribution in [-0.4, -0.2) is 46.0 Å². The van der Waals surface area contributed by atoms with Gasteiger partial charge in [-0.3, -0.25) is 9.59 Å². The quantitative estimate of drug-likeness (QED) is 0.547. The van der Waals surface area contributed by atoms with Gasteiger partial charge in [0.25, 0.3) is 5.91 Å². The maximum absolute atomic E-state index is 12.9. The molecule has 1 saturated heterocycles. The van der Waals surface area contributed by atoms with Crippen LogP contribution in [0.5, 0.6) is 5.75 Å². The molecule has 4 rings (SSSR count). The number of carbonyl (C=O) groups excluding carboxylic acids is 2. The normalized spacial score (nSPS) is 15.8. The number of ether oxygens (including phenoxy) is 1. The molecule has 0 radical (unpaired) electrons. The lowest BCUT2D eigenvalue weighted by Crippen LogP contribution is -2.40. The molecular formula is C25H30N4O3. The lowest BCUT2D eigenvalue weighted by atomic mass is 10.2. The average Bonchev–Trinajstić information content (AvgIpc) is 3.43. The number of para-hydroxylation sites is 2. The number of aromatic nitrogens is 2. The molecule has 1 fully saturated rings. The van der Waals surface area contributed by atoms with E-state index in [1.807, 2.05) is 36.2 Å². The van der Waals surface area contributed by atoms with Gasteiger partial charge in [-0.05, 0) is 55.7 Å². The molecule has 2 heterocycles. The van der Waals surface area contributed by atoms with E-state index in [9.17, 15) is 9.59 Å². The van der Waals surface area contributed by atoms with E-state index in [0.29, 0.717) is 18.7 Å². The van der Waals surface area contributed by atoms with Gasteiger partial charge in [0, 0.05) is 19.2 Å². The van der Waals surface area contributed by atoms with Crippen molar-refractivity contribution in [3.05, 3.63) is 59.9 Å². The lowest BCUT2D eigenvalue weighted by molar-refractivity contribution is -0.131. The highest BCUT2D eigenvalue weighted by atomic mass is 16.5. The molecule has 1 N–H and O–H groups in total. The summed E-state index contributed by atoms with van der Waals surface area (Å²) in [6.45, 7) is 3.42. The van der Waals surface area contributed by atoms with Gasteiger partial charge in [-0.2, -0.15) is 0 Å². The van der Waals surface area contributed by atoms with Gasteiger partial charge in [-0.25, -0.2) is 4.98 Å². The van der Waals surface area contributed by atoms with Gasteiger partial charge >= 0.3 is 0 Å². The number of hydrogen-bond donors (Lipinski definition) is 1. The third-order valence-electron chi connectivity index (χ3n) is 5.98. The molecule has 0 spiro atoms. The Hall–Kier alpha value is -3.35. The number of likely N-dealkylation sites (tertiary alicyclic amines) is 1. The number of rotatable bonds is 8. The Morgan fingerprint density at radius 1 is 1.16 bits per heavy atom. The molecule has 2 aromatic carbocycles. The second-order valence-electron chi connectivity index (χ2n) is 8.17. The van der Waals surface area contributed by atoms with Crippen LogP contribution in [0.4, 0.5) is 0 Å². The van der Waals surface area contributed by atoms with E-state index in [1.165, 1.54) is 0 Å². The van der Waals surface area contributed by atoms with E-state index in [0.717, 1.165) is 48.3 Å². The zero-order valence-corrected chi connectivity index (χ0v) is 18.7. The number of benzene rings is 2. The predicted molar refractivity (Wildman–Crippen MR) is 124 cm³/mol. The summed E-state index contributed by atoms with van der Waals surface area (Å²) in [4.78, 5) is 32.1. The Morgan fingerprint density at radius 3 is 2.69 bits per heavy atom. The number of nitrogens with one attached hydrogen (secondary N) is 1. The van der Waals surface area contributed by atoms with Gasteiger partial charge in [-0.1, -0.05) is 25.5 Å². The van der Waals surface area contributed by atoms with E-state index in [4.69, 9.17) is 9.72 Å². The molecule has 2 amide bonds. The van der Waals surface area contributed by atoms with Crippen LogP contribution in [0.25, 0.3) is 11.0 Å². The minimum atomic E-state index is -0.267. The molecule has 168 valence electrons. The van der Waals surface area contributed by atoms with Crippen LogP contribution < -0.4 is 10.1 Å². The highest BCUT2D eigenvalue weighted by Crippen LogP contribution is 2.32. The van der Waals surface area contributed by atoms with E-state index >= 15 is 0 Å². The van der Waals surface area contributed by atoms with Gasteiger partial charge in [0.05, 0.1) is 30.2 Å². The van der Waals surface area contributed by atoms with E-state index in [-0.39, 0.29) is 24.4 Å². The summed E-state index contributed by atoms with van der Waals surface area (Å²) in [5, 5.41) is 2.76. The predicted octanol–water partition coefficient (Wildman–Crippen LogP) is 3.85. The molecule has 7 heteroatoms. The second-order valence-corrected chi connectivity index (χ2v) is 8.17. The average molecular weight is 435 g/mol. The summed E-state index contributed by atoms with van der Waals surface area (Å²) in [5.41, 5.74) is 2.49. The standard InChI is InChI=1S/C25H30N4O3/c1-3-4-16-32-19-13-11-18(12-14-19)25(31)26-17-23(30)29-15-7-10-22(29)24-27-20-8-5-6-9-21(20)28(24)2/h5-6,8-9,11-14,22H,3-4,7,10,15-17H2,1-2H3,(H,26,31)/t22-/m0/s1. The first kappa shape index (κ1) is 21.9. The zero-order chi connectivity index (χ0) is 22.5. The van der Waals surface area contributed by atoms with Gasteiger partial charge < -0.3 is 19.5 Å². The Balaban J connectivity index is 1.37. The number of nitrogens with zero attached hydrogens (tertiary/aromatic N) is 3. The van der Waals surface area contributed by atoms with Crippen LogP contribution in [0, 0.1) is 0 Å². The maximum atomic E-state index is 12.9. The highest BCUT2D eigenvalue weighted by Gasteiger charge is 2.33. The van der Waals surface area contributed by atoms with E-state index in [2.05, 4.69) is 16.8 Å². The first-order valence-corrected chi connectivity index (χ1v) is 11.3. The van der Waals surface area contributed by atoms with Crippen molar-refractivity contribution in [3.8, 4) is 5.75 Å². The van der Waals surface area contributed by atoms with Crippen LogP contribution in [0.15, 0.2) is 48.5 Å². The molecule has 1 atom stereocenters. The summed E-state index contributed by atoms with van der Waals surface area (Å²) in [5.74, 6) is 1.28. The molecule has 0 unspecified atom stereocenters. The van der Waals surface area contributed by atoms with Crippen molar-refractivity contribution < 1.29 is 14.3 Å². The molecule has 3 aromatic rings. The number of unbranched alkanes of at least 4 members (excludes halogenated alkanes) is 1. The van der Waals surface area contributed by atoms with Crippen molar-refractivity contribution in [2.24, 2.45) is 7.05 Å². The molecule has 0 aliphatic carbocycles. The van der Waals surface area contributed by atoms with Crippen LogP contribution in [-0.2, 0) is 11.8 Å². The van der Waals surface area contributed by atoms with Crippen LogP contribution in [0.3, 0.4) is 0 Å². The third-order valence-corrected chi connectivity index (χ3v) is 5.98. The lowest BCUT2D eigenvalue weighted by Gasteiger charge is -2.24. The van der Waals surface area contributed by atoms with E-state index in [1.54, 1.807) is 24.3 Å². The van der Waals surface area contributed by atoms with Crippen molar-refractivity contribution in [1.29, 1.82) is 0 Å². The molecule has 1 aromatic heterocycles. The summed E-state index contributed by atoms with van der Waals surface area (Å²) in [7, 11) is 1.99. The minimum absolute atomic E-state index is 0.0337. The Morgan fingerprint density at radius 2 is 1.94 bits per heavy atom. The Bertz CT molecular complexity index is 1090. The second kappa shape index (κ2) is 9.85. The van der Waals surface area contributed by atoms with Crippen molar-refractivity contribution in [2.45, 2.75) is 38.6 Å². The number of carbonyl (C=O) groups is 2. The fraction of sp³-hybridized carbons (Fsp3) is 0.400. The number of aryl methyl sites for hydroxylation is 1. The maximum Gasteiger partial charge on any atom is 0.251 e. The molecule has 1 aliphatic heterocycles. The SMILES string of the molecule is CCCCOc1ccc(C(=O)NCC(=O)N2CCC[C@H]2c2nc3ccccc3n2C)cc1. The smallest absolute Gasteiger partial charge is 0.251 e.